The minimum atomic E-state index is -3.27. The van der Waals surface area contributed by atoms with Gasteiger partial charge in [0.05, 0.1) is 10.6 Å². The van der Waals surface area contributed by atoms with Crippen molar-refractivity contribution in [2.45, 2.75) is 44.0 Å². The summed E-state index contributed by atoms with van der Waals surface area (Å²) in [6.07, 6.45) is 2.47. The molecule has 0 heterocycles. The summed E-state index contributed by atoms with van der Waals surface area (Å²) in [4.78, 5) is 0.202. The molecule has 0 aromatic heterocycles. The Hall–Kier alpha value is -0.940. The van der Waals surface area contributed by atoms with Crippen molar-refractivity contribution < 1.29 is 12.8 Å². The van der Waals surface area contributed by atoms with Gasteiger partial charge in [0.1, 0.15) is 5.82 Å². The van der Waals surface area contributed by atoms with Crippen molar-refractivity contribution >= 4 is 9.84 Å². The lowest BCUT2D eigenvalue weighted by Gasteiger charge is -2.11. The van der Waals surface area contributed by atoms with Crippen LogP contribution in [0, 0.1) is 5.82 Å². The number of sulfone groups is 1. The lowest BCUT2D eigenvalue weighted by molar-refractivity contribution is 0.507. The molecule has 1 aromatic rings. The third-order valence-electron chi connectivity index (χ3n) is 3.03. The fourth-order valence-corrected chi connectivity index (χ4v) is 3.32. The molecule has 0 saturated heterocycles. The molecule has 1 unspecified atom stereocenters. The van der Waals surface area contributed by atoms with E-state index in [4.69, 9.17) is 0 Å². The van der Waals surface area contributed by atoms with E-state index in [1.165, 1.54) is 24.3 Å². The number of rotatable bonds is 8. The van der Waals surface area contributed by atoms with Crippen LogP contribution in [0.4, 0.5) is 4.39 Å². The predicted octanol–water partition coefficient (Wildman–Crippen LogP) is 2.77. The van der Waals surface area contributed by atoms with E-state index in [2.05, 4.69) is 19.2 Å². The van der Waals surface area contributed by atoms with Gasteiger partial charge in [-0.3, -0.25) is 0 Å². The fourth-order valence-electron chi connectivity index (χ4n) is 1.95. The first-order valence-corrected chi connectivity index (χ1v) is 8.32. The van der Waals surface area contributed by atoms with Gasteiger partial charge in [-0.25, -0.2) is 12.8 Å². The van der Waals surface area contributed by atoms with Crippen LogP contribution >= 0.6 is 0 Å². The van der Waals surface area contributed by atoms with E-state index in [1.807, 2.05) is 0 Å². The third-order valence-corrected chi connectivity index (χ3v) is 4.84. The molecule has 0 bridgehead atoms. The Morgan fingerprint density at radius 1 is 1.21 bits per heavy atom. The number of halogens is 1. The molecule has 1 atom stereocenters. The van der Waals surface area contributed by atoms with E-state index in [-0.39, 0.29) is 10.6 Å². The van der Waals surface area contributed by atoms with Crippen molar-refractivity contribution in [3.05, 3.63) is 30.1 Å². The van der Waals surface area contributed by atoms with E-state index in [1.54, 1.807) is 0 Å². The number of benzene rings is 1. The molecule has 0 spiro atoms. The molecule has 0 aliphatic heterocycles. The van der Waals surface area contributed by atoms with E-state index >= 15 is 0 Å². The summed E-state index contributed by atoms with van der Waals surface area (Å²) < 4.78 is 36.7. The van der Waals surface area contributed by atoms with Crippen LogP contribution < -0.4 is 5.32 Å². The SMILES string of the molecule is CCNC(C)CCCCS(=O)(=O)c1ccc(F)cc1. The largest absolute Gasteiger partial charge is 0.315 e. The molecule has 0 fully saturated rings. The van der Waals surface area contributed by atoms with Crippen LogP contribution in [0.2, 0.25) is 0 Å². The molecular weight excluding hydrogens is 265 g/mol. The Morgan fingerprint density at radius 2 is 1.84 bits per heavy atom. The van der Waals surface area contributed by atoms with E-state index in [9.17, 15) is 12.8 Å². The van der Waals surface area contributed by atoms with Crippen LogP contribution in [0.15, 0.2) is 29.2 Å². The van der Waals surface area contributed by atoms with Crippen LogP contribution in [0.1, 0.15) is 33.1 Å². The van der Waals surface area contributed by atoms with Gasteiger partial charge >= 0.3 is 0 Å². The molecule has 0 radical (unpaired) electrons. The van der Waals surface area contributed by atoms with Crippen molar-refractivity contribution in [1.82, 2.24) is 5.32 Å². The molecule has 0 aliphatic carbocycles. The van der Waals surface area contributed by atoms with Crippen molar-refractivity contribution in [1.29, 1.82) is 0 Å². The molecular formula is C14H22FNO2S. The molecule has 5 heteroatoms. The number of hydrogen-bond acceptors (Lipinski definition) is 3. The van der Waals surface area contributed by atoms with Gasteiger partial charge in [-0.2, -0.15) is 0 Å². The van der Waals surface area contributed by atoms with Crippen molar-refractivity contribution in [3.63, 3.8) is 0 Å². The monoisotopic (exact) mass is 287 g/mol. The molecule has 0 aliphatic rings. The fraction of sp³-hybridized carbons (Fsp3) is 0.571. The van der Waals surface area contributed by atoms with Gasteiger partial charge < -0.3 is 5.32 Å². The zero-order valence-corrected chi connectivity index (χ0v) is 12.3. The first-order valence-electron chi connectivity index (χ1n) is 6.67. The van der Waals surface area contributed by atoms with Gasteiger partial charge in [0.25, 0.3) is 0 Å². The second kappa shape index (κ2) is 7.60. The summed E-state index contributed by atoms with van der Waals surface area (Å²) >= 11 is 0. The number of nitrogens with one attached hydrogen (secondary N) is 1. The predicted molar refractivity (Wildman–Crippen MR) is 75.4 cm³/mol. The number of hydrogen-bond donors (Lipinski definition) is 1. The zero-order chi connectivity index (χ0) is 14.3. The Balaban J connectivity index is 2.41. The van der Waals surface area contributed by atoms with Crippen LogP contribution in [0.5, 0.6) is 0 Å². The molecule has 108 valence electrons. The highest BCUT2D eigenvalue weighted by Crippen LogP contribution is 2.14. The first-order chi connectivity index (χ1) is 8.95. The summed E-state index contributed by atoms with van der Waals surface area (Å²) in [5.41, 5.74) is 0. The molecule has 1 aromatic carbocycles. The second-order valence-corrected chi connectivity index (χ2v) is 6.84. The summed E-state index contributed by atoms with van der Waals surface area (Å²) in [6.45, 7) is 5.07. The van der Waals surface area contributed by atoms with Gasteiger partial charge in [0.2, 0.25) is 0 Å². The Bertz CT molecular complexity index is 471. The van der Waals surface area contributed by atoms with Crippen LogP contribution in [-0.4, -0.2) is 26.8 Å². The minimum Gasteiger partial charge on any atom is -0.315 e. The maximum Gasteiger partial charge on any atom is 0.178 e. The maximum atomic E-state index is 12.7. The standard InChI is InChI=1S/C14H22FNO2S/c1-3-16-12(2)6-4-5-11-19(17,18)14-9-7-13(15)8-10-14/h7-10,12,16H,3-6,11H2,1-2H3. The molecule has 19 heavy (non-hydrogen) atoms. The van der Waals surface area contributed by atoms with Gasteiger partial charge in [0, 0.05) is 6.04 Å². The highest BCUT2D eigenvalue weighted by Gasteiger charge is 2.14. The maximum absolute atomic E-state index is 12.7. The van der Waals surface area contributed by atoms with Gasteiger partial charge in [-0.05, 0) is 50.6 Å². The van der Waals surface area contributed by atoms with Crippen molar-refractivity contribution in [2.24, 2.45) is 0 Å². The van der Waals surface area contributed by atoms with Gasteiger partial charge in [-0.1, -0.05) is 13.3 Å². The summed E-state index contributed by atoms with van der Waals surface area (Å²) in [5, 5.41) is 3.29. The minimum absolute atomic E-state index is 0.122. The van der Waals surface area contributed by atoms with Crippen LogP contribution in [-0.2, 0) is 9.84 Å². The molecule has 0 saturated carbocycles. The normalized spacial score (nSPS) is 13.4. The zero-order valence-electron chi connectivity index (χ0n) is 11.5. The first kappa shape index (κ1) is 16.1. The van der Waals surface area contributed by atoms with Crippen LogP contribution in [0.3, 0.4) is 0 Å². The lowest BCUT2D eigenvalue weighted by Crippen LogP contribution is -2.25. The van der Waals surface area contributed by atoms with Crippen molar-refractivity contribution in [2.75, 3.05) is 12.3 Å². The molecule has 1 N–H and O–H groups in total. The molecule has 3 nitrogen and oxygen atoms in total. The van der Waals surface area contributed by atoms with E-state index in [0.717, 1.165) is 19.4 Å². The lowest BCUT2D eigenvalue weighted by atomic mass is 10.1. The topological polar surface area (TPSA) is 46.2 Å². The highest BCUT2D eigenvalue weighted by molar-refractivity contribution is 7.91. The average molecular weight is 287 g/mol. The van der Waals surface area contributed by atoms with Gasteiger partial charge in [0.15, 0.2) is 9.84 Å². The summed E-state index contributed by atoms with van der Waals surface area (Å²) in [7, 11) is -3.27. The summed E-state index contributed by atoms with van der Waals surface area (Å²) in [5.74, 6) is -0.296. The van der Waals surface area contributed by atoms with Crippen LogP contribution in [0.25, 0.3) is 0 Å². The van der Waals surface area contributed by atoms with E-state index in [0.29, 0.717) is 12.5 Å². The Morgan fingerprint density at radius 3 is 2.42 bits per heavy atom. The molecule has 1 rings (SSSR count). The van der Waals surface area contributed by atoms with Gasteiger partial charge in [-0.15, -0.1) is 0 Å². The Kier molecular flexibility index (Phi) is 6.45. The summed E-state index contributed by atoms with van der Waals surface area (Å²) in [6, 6.07) is 5.43. The molecule has 0 amide bonds. The second-order valence-electron chi connectivity index (χ2n) is 4.73. The smallest absolute Gasteiger partial charge is 0.178 e. The van der Waals surface area contributed by atoms with Crippen molar-refractivity contribution in [3.8, 4) is 0 Å². The third kappa shape index (κ3) is 5.70. The highest BCUT2D eigenvalue weighted by atomic mass is 32.2. The van der Waals surface area contributed by atoms with E-state index < -0.39 is 15.7 Å². The average Bonchev–Trinajstić information content (AvgIpc) is 2.36. The Labute approximate surface area is 115 Å². The number of unbranched alkanes of at least 4 members (excludes halogenated alkanes) is 1. The quantitative estimate of drug-likeness (QED) is 0.591.